The van der Waals surface area contributed by atoms with Gasteiger partial charge in [0, 0.05) is 11.3 Å². The first kappa shape index (κ1) is 23.5. The third kappa shape index (κ3) is 4.39. The number of thiophene rings is 1. The molecule has 1 aromatic heterocycles. The molecule has 32 heavy (non-hydrogen) atoms. The van der Waals surface area contributed by atoms with Gasteiger partial charge >= 0.3 is 0 Å². The number of ketones is 1. The Morgan fingerprint density at radius 3 is 2.44 bits per heavy atom. The first-order valence-corrected chi connectivity index (χ1v) is 13.8. The molecule has 2 aliphatic carbocycles. The minimum absolute atomic E-state index is 0.0165. The average Bonchev–Trinajstić information content (AvgIpc) is 3.00. The second-order valence-corrected chi connectivity index (χ2v) is 12.7. The van der Waals surface area contributed by atoms with Gasteiger partial charge in [-0.15, -0.1) is 11.3 Å². The lowest BCUT2D eigenvalue weighted by molar-refractivity contribution is 0.0985. The predicted molar refractivity (Wildman–Crippen MR) is 128 cm³/mol. The molecule has 7 heteroatoms. The molecule has 0 bridgehead atoms. The second kappa shape index (κ2) is 8.26. The van der Waals surface area contributed by atoms with E-state index in [9.17, 15) is 13.2 Å². The number of aryl methyl sites for hydroxylation is 4. The van der Waals surface area contributed by atoms with Crippen molar-refractivity contribution in [2.24, 2.45) is 11.3 Å². The fourth-order valence-electron chi connectivity index (χ4n) is 5.47. The van der Waals surface area contributed by atoms with Crippen LogP contribution in [0.15, 0.2) is 12.1 Å². The molecule has 0 unspecified atom stereocenters. The highest BCUT2D eigenvalue weighted by Crippen LogP contribution is 2.71. The Bertz CT molecular complexity index is 1150. The summed E-state index contributed by atoms with van der Waals surface area (Å²) in [4.78, 5) is 15.4. The summed E-state index contributed by atoms with van der Waals surface area (Å²) in [6.07, 6.45) is 3.29. The number of ether oxygens (including phenoxy) is 1. The van der Waals surface area contributed by atoms with Gasteiger partial charge in [-0.3, -0.25) is 8.98 Å². The van der Waals surface area contributed by atoms with Crippen molar-refractivity contribution in [3.63, 3.8) is 0 Å². The summed E-state index contributed by atoms with van der Waals surface area (Å²) in [5, 5.41) is 0. The lowest BCUT2D eigenvalue weighted by Crippen LogP contribution is -2.12. The van der Waals surface area contributed by atoms with Crippen molar-refractivity contribution < 1.29 is 22.1 Å². The van der Waals surface area contributed by atoms with Gasteiger partial charge in [0.2, 0.25) is 0 Å². The second-order valence-electron chi connectivity index (χ2n) is 9.85. The van der Waals surface area contributed by atoms with E-state index < -0.39 is 10.1 Å². The first-order chi connectivity index (χ1) is 14.9. The Morgan fingerprint density at radius 2 is 1.81 bits per heavy atom. The molecule has 0 radical (unpaired) electrons. The summed E-state index contributed by atoms with van der Waals surface area (Å²) in [5.74, 6) is 2.36. The normalized spacial score (nSPS) is 20.7. The van der Waals surface area contributed by atoms with E-state index in [1.54, 1.807) is 11.3 Å². The highest BCUT2D eigenvalue weighted by molar-refractivity contribution is 7.85. The van der Waals surface area contributed by atoms with E-state index in [1.165, 1.54) is 16.0 Å². The molecule has 2 aliphatic rings. The van der Waals surface area contributed by atoms with Gasteiger partial charge in [0.25, 0.3) is 10.1 Å². The number of benzene rings is 1. The summed E-state index contributed by atoms with van der Waals surface area (Å²) in [6, 6.07) is 4.10. The van der Waals surface area contributed by atoms with Crippen LogP contribution in [0.4, 0.5) is 0 Å². The highest BCUT2D eigenvalue weighted by atomic mass is 32.2. The van der Waals surface area contributed by atoms with Crippen molar-refractivity contribution in [1.29, 1.82) is 0 Å². The van der Waals surface area contributed by atoms with Crippen molar-refractivity contribution in [3.8, 4) is 5.75 Å². The number of hydrogen-bond donors (Lipinski definition) is 0. The van der Waals surface area contributed by atoms with Gasteiger partial charge in [0.15, 0.2) is 5.78 Å². The molecular formula is C25H32O5S2. The van der Waals surface area contributed by atoms with Crippen LogP contribution in [0.25, 0.3) is 0 Å². The number of hydrogen-bond acceptors (Lipinski definition) is 6. The van der Waals surface area contributed by atoms with Gasteiger partial charge in [-0.25, -0.2) is 0 Å². The Hall–Kier alpha value is -1.70. The molecule has 1 fully saturated rings. The molecule has 0 N–H and O–H groups in total. The van der Waals surface area contributed by atoms with E-state index in [-0.39, 0.29) is 19.0 Å². The van der Waals surface area contributed by atoms with Gasteiger partial charge in [-0.2, -0.15) is 8.42 Å². The van der Waals surface area contributed by atoms with E-state index in [2.05, 4.69) is 32.9 Å². The third-order valence-electron chi connectivity index (χ3n) is 7.06. The van der Waals surface area contributed by atoms with Crippen LogP contribution in [-0.2, 0) is 27.1 Å². The number of carbonyl (C=O) groups is 1. The van der Waals surface area contributed by atoms with Gasteiger partial charge in [-0.05, 0) is 78.7 Å². The zero-order chi connectivity index (χ0) is 23.4. The largest absolute Gasteiger partial charge is 0.491 e. The van der Waals surface area contributed by atoms with Crippen molar-refractivity contribution in [1.82, 2.24) is 0 Å². The average molecular weight is 477 g/mol. The van der Waals surface area contributed by atoms with Crippen LogP contribution in [0.5, 0.6) is 5.75 Å². The molecule has 2 atom stereocenters. The molecular weight excluding hydrogens is 444 g/mol. The van der Waals surface area contributed by atoms with Crippen LogP contribution in [0.1, 0.15) is 68.6 Å². The molecule has 1 saturated carbocycles. The first-order valence-electron chi connectivity index (χ1n) is 11.1. The molecule has 5 nitrogen and oxygen atoms in total. The molecule has 2 aromatic rings. The standard InChI is InChI=1S/C25H32O5S2/c1-14-11-17(12-15(2)23(14)29-9-10-30-32(6,27)28)7-8-20(26)24-18-13-19-22(25(19,4)5)21(18)16(3)31-24/h11-12,19,22H,7-10,13H2,1-6H3/t19-,22-/m1/s1. The monoisotopic (exact) mass is 476 g/mol. The van der Waals surface area contributed by atoms with Gasteiger partial charge in [0.1, 0.15) is 19.0 Å². The SMILES string of the molecule is Cc1cc(CCC(=O)c2sc(C)c3c2C[C@@H]2[C@H]3C2(C)C)cc(C)c1OCCOS(C)(=O)=O. The molecule has 0 aliphatic heterocycles. The minimum atomic E-state index is -3.46. The van der Waals surface area contributed by atoms with Crippen LogP contribution in [-0.4, -0.2) is 33.7 Å². The van der Waals surface area contributed by atoms with Gasteiger partial charge < -0.3 is 4.74 Å². The fraction of sp³-hybridized carbons (Fsp3) is 0.560. The van der Waals surface area contributed by atoms with Crippen LogP contribution in [0, 0.1) is 32.1 Å². The molecule has 0 amide bonds. The van der Waals surface area contributed by atoms with E-state index >= 15 is 0 Å². The number of rotatable bonds is 9. The molecule has 174 valence electrons. The van der Waals surface area contributed by atoms with Crippen molar-refractivity contribution >= 4 is 27.2 Å². The summed E-state index contributed by atoms with van der Waals surface area (Å²) < 4.78 is 32.6. The Balaban J connectivity index is 1.38. The zero-order valence-corrected chi connectivity index (χ0v) is 21.3. The minimum Gasteiger partial charge on any atom is -0.491 e. The maximum absolute atomic E-state index is 13.1. The van der Waals surface area contributed by atoms with Crippen LogP contribution in [0.2, 0.25) is 0 Å². The molecule has 1 heterocycles. The molecule has 4 rings (SSSR count). The lowest BCUT2D eigenvalue weighted by Gasteiger charge is -2.14. The summed E-state index contributed by atoms with van der Waals surface area (Å²) in [6.45, 7) is 10.9. The fourth-order valence-corrected chi connectivity index (χ4v) is 7.04. The number of fused-ring (bicyclic) bond motifs is 3. The Kier molecular flexibility index (Phi) is 6.06. The van der Waals surface area contributed by atoms with Crippen LogP contribution >= 0.6 is 11.3 Å². The highest BCUT2D eigenvalue weighted by Gasteiger charge is 2.63. The van der Waals surface area contributed by atoms with E-state index in [0.29, 0.717) is 30.1 Å². The van der Waals surface area contributed by atoms with E-state index in [0.717, 1.165) is 40.0 Å². The third-order valence-corrected chi connectivity index (χ3v) is 8.86. The van der Waals surface area contributed by atoms with Crippen molar-refractivity contribution in [3.05, 3.63) is 49.7 Å². The maximum Gasteiger partial charge on any atom is 0.264 e. The molecule has 1 aromatic carbocycles. The van der Waals surface area contributed by atoms with Crippen molar-refractivity contribution in [2.45, 2.75) is 59.8 Å². The maximum atomic E-state index is 13.1. The van der Waals surface area contributed by atoms with E-state index in [4.69, 9.17) is 8.92 Å². The lowest BCUT2D eigenvalue weighted by atomic mass is 9.93. The Morgan fingerprint density at radius 1 is 1.16 bits per heavy atom. The predicted octanol–water partition coefficient (Wildman–Crippen LogP) is 5.14. The summed E-state index contributed by atoms with van der Waals surface area (Å²) in [7, 11) is -3.46. The summed E-state index contributed by atoms with van der Waals surface area (Å²) in [5.41, 5.74) is 6.26. The van der Waals surface area contributed by atoms with Gasteiger partial charge in [-0.1, -0.05) is 26.0 Å². The van der Waals surface area contributed by atoms with Crippen LogP contribution in [0.3, 0.4) is 0 Å². The smallest absolute Gasteiger partial charge is 0.264 e. The number of carbonyl (C=O) groups excluding carboxylic acids is 1. The zero-order valence-electron chi connectivity index (χ0n) is 19.7. The van der Waals surface area contributed by atoms with Crippen molar-refractivity contribution in [2.75, 3.05) is 19.5 Å². The quantitative estimate of drug-likeness (QED) is 0.285. The number of Topliss-reactive ketones (excluding diaryl/α,β-unsaturated/α-hetero) is 1. The Labute approximate surface area is 195 Å². The van der Waals surface area contributed by atoms with Crippen LogP contribution < -0.4 is 4.74 Å². The van der Waals surface area contributed by atoms with Gasteiger partial charge in [0.05, 0.1) is 11.1 Å². The summed E-state index contributed by atoms with van der Waals surface area (Å²) >= 11 is 1.69. The topological polar surface area (TPSA) is 69.7 Å². The molecule has 0 spiro atoms. The van der Waals surface area contributed by atoms with E-state index in [1.807, 2.05) is 13.8 Å². The molecule has 0 saturated heterocycles.